The Hall–Kier alpha value is -0.570. The van der Waals surface area contributed by atoms with Crippen molar-refractivity contribution < 1.29 is 4.79 Å². The van der Waals surface area contributed by atoms with E-state index in [4.69, 9.17) is 0 Å². The molecule has 3 atom stereocenters. The zero-order chi connectivity index (χ0) is 11.9. The van der Waals surface area contributed by atoms with Gasteiger partial charge in [-0.25, -0.2) is 0 Å². The van der Waals surface area contributed by atoms with Gasteiger partial charge in [-0.05, 0) is 39.5 Å². The third kappa shape index (κ3) is 1.97. The predicted molar refractivity (Wildman–Crippen MR) is 64.9 cm³/mol. The zero-order valence-electron chi connectivity index (χ0n) is 10.9. The van der Waals surface area contributed by atoms with Crippen LogP contribution in [-0.2, 0) is 4.79 Å². The van der Waals surface area contributed by atoms with E-state index in [0.29, 0.717) is 6.04 Å². The lowest BCUT2D eigenvalue weighted by Crippen LogP contribution is -2.44. The van der Waals surface area contributed by atoms with Gasteiger partial charge in [0.1, 0.15) is 0 Å². The molecule has 1 aliphatic carbocycles. The van der Waals surface area contributed by atoms with Gasteiger partial charge >= 0.3 is 0 Å². The molecule has 2 rings (SSSR count). The summed E-state index contributed by atoms with van der Waals surface area (Å²) in [5.74, 6) is 1.17. The first-order chi connectivity index (χ1) is 7.48. The first-order valence-corrected chi connectivity index (χ1v) is 6.58. The molecule has 1 aliphatic heterocycles. The van der Waals surface area contributed by atoms with Gasteiger partial charge in [0.2, 0.25) is 5.91 Å². The Balaban J connectivity index is 2.05. The number of carbonyl (C=O) groups is 1. The van der Waals surface area contributed by atoms with Crippen LogP contribution in [0.15, 0.2) is 0 Å². The Bertz CT molecular complexity index is 288. The standard InChI is InChI=1S/C13H24N2O/c1-5-13(4)12(16)15(10(3)14-13)9(2)8-11-6-7-11/h9-11,14H,5-8H2,1-4H3. The minimum absolute atomic E-state index is 0.186. The van der Waals surface area contributed by atoms with Crippen LogP contribution in [0.2, 0.25) is 0 Å². The van der Waals surface area contributed by atoms with E-state index in [1.54, 1.807) is 0 Å². The quantitative estimate of drug-likeness (QED) is 0.793. The molecule has 0 spiro atoms. The minimum atomic E-state index is -0.336. The van der Waals surface area contributed by atoms with Crippen molar-refractivity contribution in [2.24, 2.45) is 5.92 Å². The number of amides is 1. The molecule has 3 nitrogen and oxygen atoms in total. The number of hydrogen-bond donors (Lipinski definition) is 1. The summed E-state index contributed by atoms with van der Waals surface area (Å²) < 4.78 is 0. The van der Waals surface area contributed by atoms with Crippen LogP contribution in [-0.4, -0.2) is 28.6 Å². The summed E-state index contributed by atoms with van der Waals surface area (Å²) in [5.41, 5.74) is -0.336. The Morgan fingerprint density at radius 1 is 1.56 bits per heavy atom. The fourth-order valence-electron chi connectivity index (χ4n) is 2.84. The molecular formula is C13H24N2O. The van der Waals surface area contributed by atoms with Gasteiger partial charge in [-0.2, -0.15) is 0 Å². The molecule has 2 aliphatic rings. The van der Waals surface area contributed by atoms with E-state index >= 15 is 0 Å². The lowest BCUT2D eigenvalue weighted by Gasteiger charge is -2.28. The lowest BCUT2D eigenvalue weighted by atomic mass is 9.98. The average molecular weight is 224 g/mol. The van der Waals surface area contributed by atoms with E-state index in [-0.39, 0.29) is 17.6 Å². The molecule has 0 aromatic rings. The van der Waals surface area contributed by atoms with Crippen molar-refractivity contribution in [3.05, 3.63) is 0 Å². The summed E-state index contributed by atoms with van der Waals surface area (Å²) in [6.07, 6.45) is 4.95. The largest absolute Gasteiger partial charge is 0.323 e. The Morgan fingerprint density at radius 2 is 2.19 bits per heavy atom. The third-order valence-electron chi connectivity index (χ3n) is 4.20. The van der Waals surface area contributed by atoms with Gasteiger partial charge in [-0.15, -0.1) is 0 Å². The molecule has 1 N–H and O–H groups in total. The van der Waals surface area contributed by atoms with Crippen molar-refractivity contribution >= 4 is 5.91 Å². The van der Waals surface area contributed by atoms with Crippen molar-refractivity contribution in [3.8, 4) is 0 Å². The monoisotopic (exact) mass is 224 g/mol. The second kappa shape index (κ2) is 4.02. The fourth-order valence-corrected chi connectivity index (χ4v) is 2.84. The average Bonchev–Trinajstić information content (AvgIpc) is 2.97. The van der Waals surface area contributed by atoms with Crippen LogP contribution in [0.1, 0.15) is 53.4 Å². The predicted octanol–water partition coefficient (Wildman–Crippen LogP) is 2.12. The topological polar surface area (TPSA) is 32.3 Å². The van der Waals surface area contributed by atoms with E-state index < -0.39 is 0 Å². The van der Waals surface area contributed by atoms with Crippen LogP contribution in [0.25, 0.3) is 0 Å². The molecule has 1 heterocycles. The molecule has 0 radical (unpaired) electrons. The van der Waals surface area contributed by atoms with Crippen molar-refractivity contribution in [2.75, 3.05) is 0 Å². The molecule has 1 saturated carbocycles. The number of nitrogens with one attached hydrogen (secondary N) is 1. The molecule has 0 aromatic carbocycles. The second-order valence-corrected chi connectivity index (χ2v) is 5.75. The van der Waals surface area contributed by atoms with E-state index in [1.807, 2.05) is 6.92 Å². The van der Waals surface area contributed by atoms with Crippen LogP contribution in [0.5, 0.6) is 0 Å². The Labute approximate surface area is 98.6 Å². The van der Waals surface area contributed by atoms with E-state index in [2.05, 4.69) is 31.0 Å². The molecular weight excluding hydrogens is 200 g/mol. The summed E-state index contributed by atoms with van der Waals surface area (Å²) in [6, 6.07) is 0.385. The Morgan fingerprint density at radius 3 is 2.62 bits per heavy atom. The van der Waals surface area contributed by atoms with Crippen LogP contribution >= 0.6 is 0 Å². The van der Waals surface area contributed by atoms with Crippen molar-refractivity contribution in [1.29, 1.82) is 0 Å². The van der Waals surface area contributed by atoms with Crippen LogP contribution < -0.4 is 5.32 Å². The number of nitrogens with zero attached hydrogens (tertiary/aromatic N) is 1. The van der Waals surface area contributed by atoms with Gasteiger partial charge in [0.15, 0.2) is 0 Å². The van der Waals surface area contributed by atoms with Crippen molar-refractivity contribution in [1.82, 2.24) is 10.2 Å². The molecule has 1 saturated heterocycles. The minimum Gasteiger partial charge on any atom is -0.323 e. The van der Waals surface area contributed by atoms with Gasteiger partial charge in [-0.3, -0.25) is 10.1 Å². The van der Waals surface area contributed by atoms with Gasteiger partial charge in [0, 0.05) is 6.04 Å². The van der Waals surface area contributed by atoms with Crippen LogP contribution in [0, 0.1) is 5.92 Å². The summed E-state index contributed by atoms with van der Waals surface area (Å²) in [5, 5.41) is 3.43. The number of rotatable bonds is 4. The highest BCUT2D eigenvalue weighted by molar-refractivity contribution is 5.88. The molecule has 0 bridgehead atoms. The molecule has 3 unspecified atom stereocenters. The van der Waals surface area contributed by atoms with Gasteiger partial charge < -0.3 is 4.90 Å². The summed E-state index contributed by atoms with van der Waals surface area (Å²) in [6.45, 7) is 8.39. The molecule has 3 heteroatoms. The normalized spacial score (nSPS) is 36.9. The third-order valence-corrected chi connectivity index (χ3v) is 4.20. The maximum Gasteiger partial charge on any atom is 0.244 e. The van der Waals surface area contributed by atoms with E-state index in [9.17, 15) is 4.79 Å². The fraction of sp³-hybridized carbons (Fsp3) is 0.923. The van der Waals surface area contributed by atoms with Crippen molar-refractivity contribution in [2.45, 2.75) is 71.1 Å². The maximum absolute atomic E-state index is 12.4. The van der Waals surface area contributed by atoms with Gasteiger partial charge in [-0.1, -0.05) is 19.8 Å². The SMILES string of the molecule is CCC1(C)NC(C)N(C(C)CC2CC2)C1=O. The first-order valence-electron chi connectivity index (χ1n) is 6.58. The van der Waals surface area contributed by atoms with Crippen LogP contribution in [0.3, 0.4) is 0 Å². The maximum atomic E-state index is 12.4. The van der Waals surface area contributed by atoms with E-state index in [0.717, 1.165) is 12.3 Å². The smallest absolute Gasteiger partial charge is 0.244 e. The summed E-state index contributed by atoms with van der Waals surface area (Å²) >= 11 is 0. The highest BCUT2D eigenvalue weighted by atomic mass is 16.2. The van der Waals surface area contributed by atoms with Gasteiger partial charge in [0.05, 0.1) is 11.7 Å². The summed E-state index contributed by atoms with van der Waals surface area (Å²) in [4.78, 5) is 14.4. The number of carbonyl (C=O) groups excluding carboxylic acids is 1. The molecule has 2 fully saturated rings. The molecule has 1 amide bonds. The lowest BCUT2D eigenvalue weighted by molar-refractivity contribution is -0.134. The van der Waals surface area contributed by atoms with E-state index in [1.165, 1.54) is 19.3 Å². The zero-order valence-corrected chi connectivity index (χ0v) is 10.9. The highest BCUT2D eigenvalue weighted by Gasteiger charge is 2.47. The number of hydrogen-bond acceptors (Lipinski definition) is 2. The van der Waals surface area contributed by atoms with Crippen LogP contribution in [0.4, 0.5) is 0 Å². The highest BCUT2D eigenvalue weighted by Crippen LogP contribution is 2.36. The first kappa shape index (κ1) is 11.9. The molecule has 0 aromatic heterocycles. The van der Waals surface area contributed by atoms with Crippen molar-refractivity contribution in [3.63, 3.8) is 0 Å². The van der Waals surface area contributed by atoms with Gasteiger partial charge in [0.25, 0.3) is 0 Å². The summed E-state index contributed by atoms with van der Waals surface area (Å²) in [7, 11) is 0. The molecule has 16 heavy (non-hydrogen) atoms. The Kier molecular flexibility index (Phi) is 2.99. The second-order valence-electron chi connectivity index (χ2n) is 5.75. The molecule has 92 valence electrons.